The first-order chi connectivity index (χ1) is 11.0. The van der Waals surface area contributed by atoms with Crippen LogP contribution in [-0.2, 0) is 0 Å². The number of rotatable bonds is 2. The molecule has 0 aromatic carbocycles. The molecule has 1 fully saturated rings. The Morgan fingerprint density at radius 3 is 2.91 bits per heavy atom. The molecule has 0 aliphatic carbocycles. The number of fused-ring (bicyclic) bond motifs is 1. The number of hydrogen-bond donors (Lipinski definition) is 1. The highest BCUT2D eigenvalue weighted by Crippen LogP contribution is 2.15. The third-order valence-corrected chi connectivity index (χ3v) is 4.52. The summed E-state index contributed by atoms with van der Waals surface area (Å²) in [5.74, 6) is -0.224. The van der Waals surface area contributed by atoms with Crippen LogP contribution in [0.2, 0.25) is 0 Å². The second-order valence-electron chi connectivity index (χ2n) is 6.47. The molecule has 23 heavy (non-hydrogen) atoms. The van der Waals surface area contributed by atoms with Crippen LogP contribution >= 0.6 is 0 Å². The number of carbonyl (C=O) groups excluding carboxylic acids is 1. The summed E-state index contributed by atoms with van der Waals surface area (Å²) in [5.41, 5.74) is 1.16. The number of nitrogens with zero attached hydrogens (tertiary/aromatic N) is 4. The van der Waals surface area contributed by atoms with E-state index in [0.717, 1.165) is 25.0 Å². The molecule has 7 heteroatoms. The first-order valence-corrected chi connectivity index (χ1v) is 8.00. The number of likely N-dealkylation sites (tertiary alicyclic amines) is 1. The highest BCUT2D eigenvalue weighted by molar-refractivity contribution is 5.93. The highest BCUT2D eigenvalue weighted by atomic mass is 16.2. The summed E-state index contributed by atoms with van der Waals surface area (Å²) in [6.45, 7) is 3.19. The summed E-state index contributed by atoms with van der Waals surface area (Å²) in [5, 5.41) is 2.93. The predicted molar refractivity (Wildman–Crippen MR) is 87.8 cm³/mol. The summed E-state index contributed by atoms with van der Waals surface area (Å²) < 4.78 is 1.34. The van der Waals surface area contributed by atoms with Crippen LogP contribution in [-0.4, -0.2) is 63.5 Å². The monoisotopic (exact) mass is 317 g/mol. The first kappa shape index (κ1) is 15.7. The number of aryl methyl sites for hydroxylation is 1. The van der Waals surface area contributed by atoms with Crippen LogP contribution in [0.3, 0.4) is 0 Å². The van der Waals surface area contributed by atoms with Crippen molar-refractivity contribution in [3.8, 4) is 0 Å². The lowest BCUT2D eigenvalue weighted by molar-refractivity contribution is 0.0723. The van der Waals surface area contributed by atoms with Gasteiger partial charge in [-0.2, -0.15) is 0 Å². The quantitative estimate of drug-likeness (QED) is 0.892. The maximum absolute atomic E-state index is 12.8. The molecule has 124 valence electrons. The number of hydrogen-bond acceptors (Lipinski definition) is 4. The Labute approximate surface area is 134 Å². The standard InChI is InChI=1S/C16H23N5O2/c1-11-8-14-17-9-13(16(23)21(14)18-11)15(22)20-7-5-4-6-12(10-20)19(2)3/h8-9,12,18H,4-7,10H2,1-3H3/t12-/m0/s1. The number of aromatic amines is 1. The molecule has 0 spiro atoms. The lowest BCUT2D eigenvalue weighted by Crippen LogP contribution is -2.43. The van der Waals surface area contributed by atoms with Gasteiger partial charge in [0.05, 0.1) is 0 Å². The zero-order valence-electron chi connectivity index (χ0n) is 13.9. The number of H-pyrrole nitrogens is 1. The van der Waals surface area contributed by atoms with Gasteiger partial charge in [-0.15, -0.1) is 0 Å². The molecule has 1 N–H and O–H groups in total. The van der Waals surface area contributed by atoms with Gasteiger partial charge in [-0.3, -0.25) is 14.7 Å². The minimum Gasteiger partial charge on any atom is -0.337 e. The topological polar surface area (TPSA) is 73.7 Å². The molecule has 0 unspecified atom stereocenters. The second-order valence-corrected chi connectivity index (χ2v) is 6.47. The van der Waals surface area contributed by atoms with Gasteiger partial charge in [0.2, 0.25) is 0 Å². The molecule has 1 aliphatic rings. The Morgan fingerprint density at radius 1 is 1.39 bits per heavy atom. The molecule has 1 atom stereocenters. The third-order valence-electron chi connectivity index (χ3n) is 4.52. The van der Waals surface area contributed by atoms with Crippen LogP contribution in [0.15, 0.2) is 17.1 Å². The van der Waals surface area contributed by atoms with E-state index in [-0.39, 0.29) is 17.0 Å². The molecule has 2 aromatic rings. The number of aromatic nitrogens is 3. The van der Waals surface area contributed by atoms with Gasteiger partial charge in [-0.25, -0.2) is 9.50 Å². The fourth-order valence-electron chi connectivity index (χ4n) is 3.12. The van der Waals surface area contributed by atoms with Crippen molar-refractivity contribution in [2.45, 2.75) is 32.2 Å². The lowest BCUT2D eigenvalue weighted by atomic mass is 10.1. The Hall–Kier alpha value is -2.15. The minimum absolute atomic E-state index is 0.128. The van der Waals surface area contributed by atoms with Crippen LogP contribution in [0.25, 0.3) is 5.65 Å². The zero-order chi connectivity index (χ0) is 16.6. The molecular weight excluding hydrogens is 294 g/mol. The van der Waals surface area contributed by atoms with Crippen LogP contribution in [0.4, 0.5) is 0 Å². The summed E-state index contributed by atoms with van der Waals surface area (Å²) >= 11 is 0. The number of nitrogens with one attached hydrogen (secondary N) is 1. The SMILES string of the molecule is Cc1cc2ncc(C(=O)N3CCCC[C@H](N(C)C)C3)c(=O)n2[nH]1. The van der Waals surface area contributed by atoms with Crippen LogP contribution in [0, 0.1) is 6.92 Å². The van der Waals surface area contributed by atoms with E-state index >= 15 is 0 Å². The summed E-state index contributed by atoms with van der Waals surface area (Å²) in [4.78, 5) is 33.6. The zero-order valence-corrected chi connectivity index (χ0v) is 13.9. The van der Waals surface area contributed by atoms with E-state index in [1.165, 1.54) is 10.7 Å². The van der Waals surface area contributed by atoms with E-state index in [4.69, 9.17) is 0 Å². The average molecular weight is 317 g/mol. The van der Waals surface area contributed by atoms with E-state index in [2.05, 4.69) is 15.0 Å². The lowest BCUT2D eigenvalue weighted by Gasteiger charge is -2.28. The molecule has 3 rings (SSSR count). The molecule has 1 amide bonds. The van der Waals surface area contributed by atoms with Crippen LogP contribution in [0.1, 0.15) is 35.3 Å². The second kappa shape index (κ2) is 6.16. The van der Waals surface area contributed by atoms with Gasteiger partial charge in [-0.05, 0) is 33.9 Å². The van der Waals surface area contributed by atoms with Crippen molar-refractivity contribution in [3.63, 3.8) is 0 Å². The summed E-state index contributed by atoms with van der Waals surface area (Å²) in [7, 11) is 4.06. The van der Waals surface area contributed by atoms with Crippen molar-refractivity contribution < 1.29 is 4.79 Å². The van der Waals surface area contributed by atoms with Crippen LogP contribution < -0.4 is 5.56 Å². The molecule has 1 saturated heterocycles. The Kier molecular flexibility index (Phi) is 4.21. The van der Waals surface area contributed by atoms with Crippen molar-refractivity contribution in [2.24, 2.45) is 0 Å². The van der Waals surface area contributed by atoms with Gasteiger partial charge in [0.25, 0.3) is 11.5 Å². The van der Waals surface area contributed by atoms with Gasteiger partial charge >= 0.3 is 0 Å². The largest absolute Gasteiger partial charge is 0.337 e. The summed E-state index contributed by atoms with van der Waals surface area (Å²) in [6.07, 6.45) is 4.54. The van der Waals surface area contributed by atoms with E-state index in [0.29, 0.717) is 24.8 Å². The van der Waals surface area contributed by atoms with Gasteiger partial charge < -0.3 is 9.80 Å². The van der Waals surface area contributed by atoms with E-state index in [9.17, 15) is 9.59 Å². The van der Waals surface area contributed by atoms with Gasteiger partial charge in [0.1, 0.15) is 5.56 Å². The highest BCUT2D eigenvalue weighted by Gasteiger charge is 2.26. The van der Waals surface area contributed by atoms with Crippen LogP contribution in [0.5, 0.6) is 0 Å². The van der Waals surface area contributed by atoms with Crippen molar-refractivity contribution >= 4 is 11.6 Å². The number of carbonyl (C=O) groups is 1. The maximum Gasteiger partial charge on any atom is 0.285 e. The Balaban J connectivity index is 1.92. The maximum atomic E-state index is 12.8. The van der Waals surface area contributed by atoms with E-state index in [1.807, 2.05) is 21.0 Å². The molecule has 0 bridgehead atoms. The molecule has 0 saturated carbocycles. The van der Waals surface area contributed by atoms with E-state index < -0.39 is 0 Å². The first-order valence-electron chi connectivity index (χ1n) is 8.00. The Morgan fingerprint density at radius 2 is 2.17 bits per heavy atom. The molecule has 2 aromatic heterocycles. The Bertz CT molecular complexity index is 776. The minimum atomic E-state index is -0.334. The average Bonchev–Trinajstić information content (AvgIpc) is 2.73. The van der Waals surface area contributed by atoms with Crippen molar-refractivity contribution in [1.29, 1.82) is 0 Å². The van der Waals surface area contributed by atoms with Gasteiger partial charge in [0.15, 0.2) is 5.65 Å². The molecule has 0 radical (unpaired) electrons. The molecule has 7 nitrogen and oxygen atoms in total. The predicted octanol–water partition coefficient (Wildman–Crippen LogP) is 0.887. The number of likely N-dealkylation sites (N-methyl/N-ethyl adjacent to an activating group) is 1. The number of amides is 1. The van der Waals surface area contributed by atoms with Crippen molar-refractivity contribution in [1.82, 2.24) is 24.4 Å². The van der Waals surface area contributed by atoms with Crippen molar-refractivity contribution in [3.05, 3.63) is 33.9 Å². The smallest absolute Gasteiger partial charge is 0.285 e. The van der Waals surface area contributed by atoms with Crippen molar-refractivity contribution in [2.75, 3.05) is 27.2 Å². The molecule has 1 aliphatic heterocycles. The third kappa shape index (κ3) is 3.01. The molecular formula is C16H23N5O2. The molecule has 3 heterocycles. The fraction of sp³-hybridized carbons (Fsp3) is 0.562. The van der Waals surface area contributed by atoms with Gasteiger partial charge in [-0.1, -0.05) is 6.42 Å². The normalized spacial score (nSPS) is 19.3. The summed E-state index contributed by atoms with van der Waals surface area (Å²) in [6, 6.07) is 2.11. The fourth-order valence-corrected chi connectivity index (χ4v) is 3.12. The van der Waals surface area contributed by atoms with Gasteiger partial charge in [0, 0.05) is 37.1 Å². The van der Waals surface area contributed by atoms with E-state index in [1.54, 1.807) is 11.0 Å².